The van der Waals surface area contributed by atoms with Crippen LogP contribution in [0.3, 0.4) is 0 Å². The predicted molar refractivity (Wildman–Crippen MR) is 89.7 cm³/mol. The highest BCUT2D eigenvalue weighted by Gasteiger charge is 2.53. The number of benzene rings is 1. The molecule has 126 valence electrons. The van der Waals surface area contributed by atoms with Gasteiger partial charge in [0.15, 0.2) is 5.60 Å². The molecular weight excluding hydrogens is 310 g/mol. The van der Waals surface area contributed by atoms with Crippen LogP contribution in [0.4, 0.5) is 16.3 Å². The Balaban J connectivity index is 1.79. The van der Waals surface area contributed by atoms with Crippen molar-refractivity contribution in [2.45, 2.75) is 5.60 Å². The molecule has 0 saturated carbocycles. The van der Waals surface area contributed by atoms with Gasteiger partial charge in [-0.1, -0.05) is 0 Å². The van der Waals surface area contributed by atoms with Crippen molar-refractivity contribution in [1.82, 2.24) is 14.9 Å². The van der Waals surface area contributed by atoms with Gasteiger partial charge in [0.25, 0.3) is 0 Å². The molecule has 2 aliphatic rings. The number of carbonyl (C=O) groups is 1. The van der Waals surface area contributed by atoms with E-state index < -0.39 is 5.60 Å². The SMILES string of the molecule is CNc1ncnc2cc(OC)c(N3CC4(CN(C)C4)OC3=O)cc12. The summed E-state index contributed by atoms with van der Waals surface area (Å²) in [6, 6.07) is 3.70. The van der Waals surface area contributed by atoms with E-state index in [1.165, 1.54) is 6.33 Å². The van der Waals surface area contributed by atoms with Gasteiger partial charge in [-0.15, -0.1) is 0 Å². The molecule has 2 aliphatic heterocycles. The fourth-order valence-corrected chi connectivity index (χ4v) is 3.56. The molecule has 1 N–H and O–H groups in total. The summed E-state index contributed by atoms with van der Waals surface area (Å²) in [5.74, 6) is 1.29. The minimum absolute atomic E-state index is 0.344. The minimum Gasteiger partial charge on any atom is -0.494 e. The van der Waals surface area contributed by atoms with E-state index in [0.29, 0.717) is 23.8 Å². The van der Waals surface area contributed by atoms with Crippen molar-refractivity contribution >= 4 is 28.5 Å². The number of fused-ring (bicyclic) bond motifs is 1. The molecule has 8 nitrogen and oxygen atoms in total. The molecule has 1 amide bonds. The average molecular weight is 329 g/mol. The lowest BCUT2D eigenvalue weighted by Gasteiger charge is -2.43. The number of aromatic nitrogens is 2. The minimum atomic E-state index is -0.412. The molecule has 0 aliphatic carbocycles. The van der Waals surface area contributed by atoms with Crippen LogP contribution in [0.5, 0.6) is 5.75 Å². The van der Waals surface area contributed by atoms with Crippen LogP contribution < -0.4 is 15.0 Å². The van der Waals surface area contributed by atoms with E-state index >= 15 is 0 Å². The first kappa shape index (κ1) is 14.9. The van der Waals surface area contributed by atoms with Crippen molar-refractivity contribution in [3.63, 3.8) is 0 Å². The highest BCUT2D eigenvalue weighted by molar-refractivity contribution is 5.99. The van der Waals surface area contributed by atoms with Crippen LogP contribution in [-0.4, -0.2) is 67.4 Å². The van der Waals surface area contributed by atoms with E-state index in [2.05, 4.69) is 20.2 Å². The lowest BCUT2D eigenvalue weighted by Crippen LogP contribution is -2.62. The average Bonchev–Trinajstić information content (AvgIpc) is 2.89. The summed E-state index contributed by atoms with van der Waals surface area (Å²) in [7, 11) is 5.39. The molecule has 0 bridgehead atoms. The van der Waals surface area contributed by atoms with E-state index in [1.807, 2.05) is 19.2 Å². The third-order valence-electron chi connectivity index (χ3n) is 4.55. The predicted octanol–water partition coefficient (Wildman–Crippen LogP) is 1.32. The van der Waals surface area contributed by atoms with Gasteiger partial charge in [0.1, 0.15) is 17.9 Å². The number of ether oxygens (including phenoxy) is 2. The third kappa shape index (κ3) is 2.14. The summed E-state index contributed by atoms with van der Waals surface area (Å²) >= 11 is 0. The second kappa shape index (κ2) is 5.20. The van der Waals surface area contributed by atoms with E-state index in [0.717, 1.165) is 24.0 Å². The lowest BCUT2D eigenvalue weighted by atomic mass is 9.95. The standard InChI is InChI=1S/C16H19N5O3/c1-17-14-10-4-12(13(23-3)5-11(10)18-9-19-14)21-8-16(24-15(21)22)6-20(2)7-16/h4-5,9H,6-8H2,1-3H3,(H,17,18,19). The molecule has 1 spiro atoms. The number of rotatable bonds is 3. The molecular formula is C16H19N5O3. The third-order valence-corrected chi connectivity index (χ3v) is 4.55. The van der Waals surface area contributed by atoms with Crippen molar-refractivity contribution < 1.29 is 14.3 Å². The molecule has 3 heterocycles. The van der Waals surface area contributed by atoms with Gasteiger partial charge in [0, 0.05) is 31.6 Å². The van der Waals surface area contributed by atoms with Crippen LogP contribution in [0.25, 0.3) is 10.9 Å². The summed E-state index contributed by atoms with van der Waals surface area (Å²) in [5, 5.41) is 3.88. The Morgan fingerprint density at radius 1 is 1.29 bits per heavy atom. The van der Waals surface area contributed by atoms with Crippen molar-refractivity contribution in [3.05, 3.63) is 18.5 Å². The van der Waals surface area contributed by atoms with Gasteiger partial charge in [0.2, 0.25) is 0 Å². The van der Waals surface area contributed by atoms with Gasteiger partial charge >= 0.3 is 6.09 Å². The van der Waals surface area contributed by atoms with Crippen LogP contribution >= 0.6 is 0 Å². The molecule has 0 atom stereocenters. The second-order valence-corrected chi connectivity index (χ2v) is 6.32. The topological polar surface area (TPSA) is 79.8 Å². The summed E-state index contributed by atoms with van der Waals surface area (Å²) in [4.78, 5) is 24.7. The first-order valence-electron chi connectivity index (χ1n) is 7.75. The summed E-state index contributed by atoms with van der Waals surface area (Å²) in [5.41, 5.74) is 1.01. The Hall–Kier alpha value is -2.61. The number of carbonyl (C=O) groups excluding carboxylic acids is 1. The molecule has 1 aromatic heterocycles. The number of amides is 1. The summed E-state index contributed by atoms with van der Waals surface area (Å²) in [6.07, 6.45) is 1.15. The maximum atomic E-state index is 12.4. The van der Waals surface area contributed by atoms with E-state index in [9.17, 15) is 4.79 Å². The first-order chi connectivity index (χ1) is 11.5. The Morgan fingerprint density at radius 2 is 2.08 bits per heavy atom. The number of likely N-dealkylation sites (N-methyl/N-ethyl adjacent to an activating group) is 1. The van der Waals surface area contributed by atoms with Crippen molar-refractivity contribution in [3.8, 4) is 5.75 Å². The van der Waals surface area contributed by atoms with Crippen LogP contribution in [0.15, 0.2) is 18.5 Å². The Kier molecular flexibility index (Phi) is 3.24. The molecule has 4 rings (SSSR count). The maximum Gasteiger partial charge on any atom is 0.415 e. The number of anilines is 2. The fraction of sp³-hybridized carbons (Fsp3) is 0.438. The van der Waals surface area contributed by atoms with Crippen LogP contribution in [-0.2, 0) is 4.74 Å². The Bertz CT molecular complexity index is 819. The Labute approximate surface area is 139 Å². The summed E-state index contributed by atoms with van der Waals surface area (Å²) in [6.45, 7) is 2.01. The molecule has 8 heteroatoms. The molecule has 2 fully saturated rings. The fourth-order valence-electron chi connectivity index (χ4n) is 3.56. The molecule has 24 heavy (non-hydrogen) atoms. The van der Waals surface area contributed by atoms with Gasteiger partial charge in [-0.05, 0) is 13.1 Å². The van der Waals surface area contributed by atoms with E-state index in [1.54, 1.807) is 19.1 Å². The number of nitrogens with zero attached hydrogens (tertiary/aromatic N) is 4. The van der Waals surface area contributed by atoms with E-state index in [-0.39, 0.29) is 6.09 Å². The first-order valence-corrected chi connectivity index (χ1v) is 7.75. The second-order valence-electron chi connectivity index (χ2n) is 6.32. The van der Waals surface area contributed by atoms with Gasteiger partial charge in [-0.25, -0.2) is 14.8 Å². The molecule has 1 aromatic carbocycles. The zero-order valence-electron chi connectivity index (χ0n) is 13.9. The van der Waals surface area contributed by atoms with Gasteiger partial charge in [-0.2, -0.15) is 0 Å². The molecule has 0 radical (unpaired) electrons. The van der Waals surface area contributed by atoms with E-state index in [4.69, 9.17) is 9.47 Å². The number of hydrogen-bond donors (Lipinski definition) is 1. The normalized spacial score (nSPS) is 19.5. The highest BCUT2D eigenvalue weighted by Crippen LogP contribution is 2.40. The quantitative estimate of drug-likeness (QED) is 0.909. The molecule has 0 unspecified atom stereocenters. The molecule has 2 saturated heterocycles. The monoisotopic (exact) mass is 329 g/mol. The van der Waals surface area contributed by atoms with Gasteiger partial charge in [0.05, 0.1) is 24.9 Å². The number of hydrogen-bond acceptors (Lipinski definition) is 7. The maximum absolute atomic E-state index is 12.4. The number of likely N-dealkylation sites (tertiary alicyclic amines) is 1. The highest BCUT2D eigenvalue weighted by atomic mass is 16.6. The smallest absolute Gasteiger partial charge is 0.415 e. The Morgan fingerprint density at radius 3 is 2.75 bits per heavy atom. The largest absolute Gasteiger partial charge is 0.494 e. The number of methoxy groups -OCH3 is 1. The van der Waals surface area contributed by atoms with Crippen LogP contribution in [0.1, 0.15) is 0 Å². The zero-order chi connectivity index (χ0) is 16.9. The van der Waals surface area contributed by atoms with Crippen molar-refractivity contribution in [1.29, 1.82) is 0 Å². The zero-order valence-corrected chi connectivity index (χ0v) is 13.9. The van der Waals surface area contributed by atoms with Gasteiger partial charge < -0.3 is 14.8 Å². The lowest BCUT2D eigenvalue weighted by molar-refractivity contribution is -0.0599. The molecule has 2 aromatic rings. The summed E-state index contributed by atoms with van der Waals surface area (Å²) < 4.78 is 11.1. The van der Waals surface area contributed by atoms with Gasteiger partial charge in [-0.3, -0.25) is 9.80 Å². The van der Waals surface area contributed by atoms with Crippen molar-refractivity contribution in [2.75, 3.05) is 51.1 Å². The van der Waals surface area contributed by atoms with Crippen molar-refractivity contribution in [2.24, 2.45) is 0 Å². The number of nitrogens with one attached hydrogen (secondary N) is 1. The van der Waals surface area contributed by atoms with Crippen LogP contribution in [0, 0.1) is 0 Å². The van der Waals surface area contributed by atoms with Crippen LogP contribution in [0.2, 0.25) is 0 Å².